The molecule has 1 aromatic carbocycles. The van der Waals surface area contributed by atoms with Gasteiger partial charge in [-0.3, -0.25) is 0 Å². The summed E-state index contributed by atoms with van der Waals surface area (Å²) in [5.74, 6) is 2.75. The van der Waals surface area contributed by atoms with Crippen LogP contribution in [0.4, 0.5) is 0 Å². The van der Waals surface area contributed by atoms with E-state index >= 15 is 0 Å². The van der Waals surface area contributed by atoms with E-state index in [9.17, 15) is 5.11 Å². The average Bonchev–Trinajstić information content (AvgIpc) is 2.89. The molecule has 1 aliphatic rings. The highest BCUT2D eigenvalue weighted by molar-refractivity contribution is 5.55. The van der Waals surface area contributed by atoms with Crippen LogP contribution in [0, 0.1) is 5.92 Å². The molecule has 1 aliphatic carbocycles. The highest BCUT2D eigenvalue weighted by Crippen LogP contribution is 2.35. The van der Waals surface area contributed by atoms with E-state index in [1.54, 1.807) is 18.2 Å². The predicted molar refractivity (Wildman–Crippen MR) is 71.8 cm³/mol. The van der Waals surface area contributed by atoms with E-state index in [2.05, 4.69) is 17.1 Å². The van der Waals surface area contributed by atoms with Gasteiger partial charge in [-0.25, -0.2) is 0 Å². The fourth-order valence-corrected chi connectivity index (χ4v) is 2.68. The second-order valence-corrected chi connectivity index (χ2v) is 5.46. The molecule has 0 amide bonds. The Kier molecular flexibility index (Phi) is 3.23. The van der Waals surface area contributed by atoms with Crippen LogP contribution in [-0.2, 0) is 0 Å². The Bertz CT molecular complexity index is 557. The lowest BCUT2D eigenvalue weighted by Gasteiger charge is -2.23. The summed E-state index contributed by atoms with van der Waals surface area (Å²) in [6.07, 6.45) is 4.75. The van der Waals surface area contributed by atoms with Crippen LogP contribution in [0.3, 0.4) is 0 Å². The lowest BCUT2D eigenvalue weighted by atomic mass is 9.83. The fraction of sp³-hybridized carbons (Fsp3) is 0.467. The molecule has 2 aromatic rings. The SMILES string of the molecule is CC1CCC(c2noc(-c3cccc(O)c3)n2)CC1. The molecule has 0 unspecified atom stereocenters. The van der Waals surface area contributed by atoms with Gasteiger partial charge < -0.3 is 9.63 Å². The Morgan fingerprint density at radius 2 is 2.00 bits per heavy atom. The smallest absolute Gasteiger partial charge is 0.258 e. The second-order valence-electron chi connectivity index (χ2n) is 5.46. The summed E-state index contributed by atoms with van der Waals surface area (Å²) in [7, 11) is 0. The number of aromatic hydroxyl groups is 1. The van der Waals surface area contributed by atoms with Crippen molar-refractivity contribution in [3.8, 4) is 17.2 Å². The van der Waals surface area contributed by atoms with Gasteiger partial charge in [0.15, 0.2) is 5.82 Å². The first-order chi connectivity index (χ1) is 9.22. The number of rotatable bonds is 2. The summed E-state index contributed by atoms with van der Waals surface area (Å²) in [5.41, 5.74) is 0.767. The summed E-state index contributed by atoms with van der Waals surface area (Å²) in [5, 5.41) is 13.6. The number of nitrogens with zero attached hydrogens (tertiary/aromatic N) is 2. The fourth-order valence-electron chi connectivity index (χ4n) is 2.68. The first kappa shape index (κ1) is 12.2. The third-order valence-corrected chi connectivity index (χ3v) is 3.92. The Hall–Kier alpha value is -1.84. The van der Waals surface area contributed by atoms with Crippen LogP contribution in [0.15, 0.2) is 28.8 Å². The molecule has 1 heterocycles. The largest absolute Gasteiger partial charge is 0.508 e. The zero-order chi connectivity index (χ0) is 13.2. The van der Waals surface area contributed by atoms with Crippen molar-refractivity contribution in [2.24, 2.45) is 5.92 Å². The molecule has 0 saturated heterocycles. The van der Waals surface area contributed by atoms with Gasteiger partial charge in [0.2, 0.25) is 0 Å². The van der Waals surface area contributed by atoms with E-state index < -0.39 is 0 Å². The first-order valence-corrected chi connectivity index (χ1v) is 6.85. The van der Waals surface area contributed by atoms with Crippen LogP contribution >= 0.6 is 0 Å². The molecule has 4 heteroatoms. The highest BCUT2D eigenvalue weighted by atomic mass is 16.5. The topological polar surface area (TPSA) is 59.2 Å². The number of aromatic nitrogens is 2. The number of phenolic OH excluding ortho intramolecular Hbond substituents is 1. The quantitative estimate of drug-likeness (QED) is 0.891. The number of benzene rings is 1. The monoisotopic (exact) mass is 258 g/mol. The van der Waals surface area contributed by atoms with Crippen LogP contribution in [0.2, 0.25) is 0 Å². The van der Waals surface area contributed by atoms with Gasteiger partial charge in [-0.15, -0.1) is 0 Å². The third-order valence-electron chi connectivity index (χ3n) is 3.92. The van der Waals surface area contributed by atoms with Crippen molar-refractivity contribution in [1.29, 1.82) is 0 Å². The molecule has 0 spiro atoms. The highest BCUT2D eigenvalue weighted by Gasteiger charge is 2.24. The van der Waals surface area contributed by atoms with E-state index in [1.807, 2.05) is 6.07 Å². The van der Waals surface area contributed by atoms with E-state index in [0.29, 0.717) is 11.8 Å². The minimum absolute atomic E-state index is 0.212. The van der Waals surface area contributed by atoms with Crippen molar-refractivity contribution in [2.45, 2.75) is 38.5 Å². The van der Waals surface area contributed by atoms with Gasteiger partial charge in [-0.05, 0) is 37.0 Å². The van der Waals surface area contributed by atoms with Gasteiger partial charge in [0.25, 0.3) is 5.89 Å². The molecule has 3 rings (SSSR count). The lowest BCUT2D eigenvalue weighted by molar-refractivity contribution is 0.329. The maximum absolute atomic E-state index is 9.47. The molecule has 4 nitrogen and oxygen atoms in total. The van der Waals surface area contributed by atoms with E-state index in [-0.39, 0.29) is 5.75 Å². The summed E-state index contributed by atoms with van der Waals surface area (Å²) in [6, 6.07) is 6.90. The molecule has 0 atom stereocenters. The number of hydrogen-bond donors (Lipinski definition) is 1. The van der Waals surface area contributed by atoms with Crippen molar-refractivity contribution in [3.05, 3.63) is 30.1 Å². The van der Waals surface area contributed by atoms with Gasteiger partial charge >= 0.3 is 0 Å². The number of phenols is 1. The van der Waals surface area contributed by atoms with Crippen molar-refractivity contribution < 1.29 is 9.63 Å². The van der Waals surface area contributed by atoms with Gasteiger partial charge in [0, 0.05) is 11.5 Å². The van der Waals surface area contributed by atoms with Crippen molar-refractivity contribution in [1.82, 2.24) is 10.1 Å². The van der Waals surface area contributed by atoms with Gasteiger partial charge in [0.1, 0.15) is 5.75 Å². The minimum atomic E-state index is 0.212. The molecule has 100 valence electrons. The average molecular weight is 258 g/mol. The Morgan fingerprint density at radius 3 is 2.74 bits per heavy atom. The Labute approximate surface area is 112 Å². The van der Waals surface area contributed by atoms with Gasteiger partial charge in [0.05, 0.1) is 0 Å². The molecule has 0 bridgehead atoms. The molecule has 1 saturated carbocycles. The van der Waals surface area contributed by atoms with Crippen molar-refractivity contribution >= 4 is 0 Å². The minimum Gasteiger partial charge on any atom is -0.508 e. The van der Waals surface area contributed by atoms with Crippen LogP contribution in [0.25, 0.3) is 11.5 Å². The third kappa shape index (κ3) is 2.62. The van der Waals surface area contributed by atoms with Crippen molar-refractivity contribution in [2.75, 3.05) is 0 Å². The Balaban J connectivity index is 1.80. The maximum atomic E-state index is 9.47. The van der Waals surface area contributed by atoms with Crippen LogP contribution in [-0.4, -0.2) is 15.2 Å². The van der Waals surface area contributed by atoms with Gasteiger partial charge in [-0.2, -0.15) is 4.98 Å². The molecular formula is C15H18N2O2. The normalized spacial score (nSPS) is 23.4. The summed E-state index contributed by atoms with van der Waals surface area (Å²) in [4.78, 5) is 4.48. The molecule has 0 radical (unpaired) electrons. The zero-order valence-electron chi connectivity index (χ0n) is 11.0. The summed E-state index contributed by atoms with van der Waals surface area (Å²) < 4.78 is 5.31. The second kappa shape index (κ2) is 5.03. The predicted octanol–water partition coefficient (Wildman–Crippen LogP) is 3.74. The van der Waals surface area contributed by atoms with Crippen LogP contribution in [0.5, 0.6) is 5.75 Å². The molecule has 1 fully saturated rings. The molecule has 1 aromatic heterocycles. The number of hydrogen-bond acceptors (Lipinski definition) is 4. The Morgan fingerprint density at radius 1 is 1.21 bits per heavy atom. The van der Waals surface area contributed by atoms with Crippen LogP contribution in [0.1, 0.15) is 44.3 Å². The van der Waals surface area contributed by atoms with E-state index in [1.165, 1.54) is 12.8 Å². The summed E-state index contributed by atoms with van der Waals surface area (Å²) in [6.45, 7) is 2.30. The maximum Gasteiger partial charge on any atom is 0.258 e. The molecule has 0 aliphatic heterocycles. The van der Waals surface area contributed by atoms with Gasteiger partial charge in [-0.1, -0.05) is 31.0 Å². The molecular weight excluding hydrogens is 240 g/mol. The first-order valence-electron chi connectivity index (χ1n) is 6.85. The lowest BCUT2D eigenvalue weighted by Crippen LogP contribution is -2.11. The van der Waals surface area contributed by atoms with Crippen LogP contribution < -0.4 is 0 Å². The van der Waals surface area contributed by atoms with E-state index in [0.717, 1.165) is 30.1 Å². The standard InChI is InChI=1S/C15H18N2O2/c1-10-5-7-11(8-6-10)14-16-15(19-17-14)12-3-2-4-13(18)9-12/h2-4,9-11,18H,5-8H2,1H3. The summed E-state index contributed by atoms with van der Waals surface area (Å²) >= 11 is 0. The zero-order valence-corrected chi connectivity index (χ0v) is 11.0. The molecule has 1 N–H and O–H groups in total. The molecule has 19 heavy (non-hydrogen) atoms. The van der Waals surface area contributed by atoms with Crippen molar-refractivity contribution in [3.63, 3.8) is 0 Å². The van der Waals surface area contributed by atoms with E-state index in [4.69, 9.17) is 4.52 Å².